The van der Waals surface area contributed by atoms with Gasteiger partial charge >= 0.3 is 5.97 Å². The van der Waals surface area contributed by atoms with E-state index in [2.05, 4.69) is 15.3 Å². The van der Waals surface area contributed by atoms with Crippen molar-refractivity contribution in [1.82, 2.24) is 9.97 Å². The molecule has 1 aromatic heterocycles. The minimum Gasteiger partial charge on any atom is -0.493 e. The highest BCUT2D eigenvalue weighted by Crippen LogP contribution is 2.34. The van der Waals surface area contributed by atoms with Gasteiger partial charge in [-0.05, 0) is 44.4 Å². The van der Waals surface area contributed by atoms with Crippen LogP contribution in [0.5, 0.6) is 17.4 Å². The number of carbonyl (C=O) groups excluding carboxylic acids is 3. The van der Waals surface area contributed by atoms with E-state index < -0.39 is 0 Å². The van der Waals surface area contributed by atoms with Crippen LogP contribution in [0.3, 0.4) is 0 Å². The molecule has 0 saturated heterocycles. The molecule has 2 aromatic rings. The van der Waals surface area contributed by atoms with Crippen molar-refractivity contribution in [2.75, 3.05) is 19.0 Å². The molecule has 0 saturated carbocycles. The van der Waals surface area contributed by atoms with Gasteiger partial charge in [-0.15, -0.1) is 0 Å². The number of hydrogen-bond donors (Lipinski definition) is 1. The highest BCUT2D eigenvalue weighted by Gasteiger charge is 2.14. The van der Waals surface area contributed by atoms with Crippen LogP contribution in [0.1, 0.15) is 51.5 Å². The summed E-state index contributed by atoms with van der Waals surface area (Å²) in [5.41, 5.74) is 1.14. The minimum atomic E-state index is -0.218. The molecule has 1 heterocycles. The van der Waals surface area contributed by atoms with E-state index in [9.17, 15) is 14.4 Å². The van der Waals surface area contributed by atoms with Gasteiger partial charge in [-0.1, -0.05) is 12.5 Å². The van der Waals surface area contributed by atoms with E-state index in [0.29, 0.717) is 55.9 Å². The van der Waals surface area contributed by atoms with E-state index in [1.165, 1.54) is 26.6 Å². The van der Waals surface area contributed by atoms with Gasteiger partial charge in [0, 0.05) is 19.3 Å². The molecule has 172 valence electrons. The first-order chi connectivity index (χ1) is 15.4. The number of nitrogens with zero attached hydrogens (tertiary/aromatic N) is 2. The molecule has 1 amide bonds. The lowest BCUT2D eigenvalue weighted by molar-refractivity contribution is -0.143. The maximum atomic E-state index is 12.3. The monoisotopic (exact) mass is 443 g/mol. The number of unbranched alkanes of at least 4 members (excludes halogenated alkanes) is 2. The summed E-state index contributed by atoms with van der Waals surface area (Å²) in [7, 11) is 1.50. The fourth-order valence-corrected chi connectivity index (χ4v) is 2.96. The van der Waals surface area contributed by atoms with Crippen LogP contribution >= 0.6 is 0 Å². The average Bonchev–Trinajstić information content (AvgIpc) is 2.75. The van der Waals surface area contributed by atoms with Crippen LogP contribution < -0.4 is 14.8 Å². The molecule has 0 unspecified atom stereocenters. The van der Waals surface area contributed by atoms with Gasteiger partial charge in [0.25, 0.3) is 0 Å². The van der Waals surface area contributed by atoms with Crippen LogP contribution in [-0.4, -0.2) is 41.3 Å². The van der Waals surface area contributed by atoms with Gasteiger partial charge in [-0.25, -0.2) is 4.98 Å². The molecule has 0 fully saturated rings. The largest absolute Gasteiger partial charge is 0.493 e. The Kier molecular flexibility index (Phi) is 10.1. The van der Waals surface area contributed by atoms with Crippen LogP contribution in [0.25, 0.3) is 0 Å². The van der Waals surface area contributed by atoms with Gasteiger partial charge in [0.2, 0.25) is 11.8 Å². The van der Waals surface area contributed by atoms with Gasteiger partial charge < -0.3 is 19.5 Å². The smallest absolute Gasteiger partial charge is 0.305 e. The number of anilines is 1. The molecular formula is C23H29N3O6. The summed E-state index contributed by atoms with van der Waals surface area (Å²) < 4.78 is 16.1. The van der Waals surface area contributed by atoms with Gasteiger partial charge in [0.1, 0.15) is 17.8 Å². The average molecular weight is 444 g/mol. The minimum absolute atomic E-state index is 0.0439. The number of ketones is 1. The Morgan fingerprint density at radius 1 is 1.06 bits per heavy atom. The summed E-state index contributed by atoms with van der Waals surface area (Å²) in [5.74, 6) is 0.638. The molecule has 0 aliphatic heterocycles. The molecule has 2 rings (SSSR count). The summed E-state index contributed by atoms with van der Waals surface area (Å²) in [4.78, 5) is 43.1. The molecule has 1 N–H and O–H groups in total. The first-order valence-corrected chi connectivity index (χ1v) is 10.5. The van der Waals surface area contributed by atoms with Crippen molar-refractivity contribution >= 4 is 23.3 Å². The Labute approximate surface area is 187 Å². The number of benzene rings is 1. The van der Waals surface area contributed by atoms with E-state index in [0.717, 1.165) is 12.0 Å². The molecule has 0 atom stereocenters. The number of rotatable bonds is 13. The Morgan fingerprint density at radius 2 is 1.84 bits per heavy atom. The summed E-state index contributed by atoms with van der Waals surface area (Å²) in [6, 6.07) is 5.19. The van der Waals surface area contributed by atoms with Crippen molar-refractivity contribution in [2.24, 2.45) is 0 Å². The Hall–Kier alpha value is -3.49. The number of Topliss-reactive ketones (excluding diaryl/α,β-unsaturated/α-hetero) is 1. The third kappa shape index (κ3) is 8.33. The van der Waals surface area contributed by atoms with Crippen molar-refractivity contribution in [3.63, 3.8) is 0 Å². The van der Waals surface area contributed by atoms with Crippen LogP contribution in [-0.2, 0) is 25.5 Å². The molecule has 0 spiro atoms. The summed E-state index contributed by atoms with van der Waals surface area (Å²) in [6.45, 7) is 3.67. The molecule has 0 bridgehead atoms. The number of hydrogen-bond acceptors (Lipinski definition) is 8. The van der Waals surface area contributed by atoms with E-state index in [4.69, 9.17) is 14.2 Å². The predicted octanol–water partition coefficient (Wildman–Crippen LogP) is 3.86. The van der Waals surface area contributed by atoms with E-state index in [1.807, 2.05) is 0 Å². The summed E-state index contributed by atoms with van der Waals surface area (Å²) >= 11 is 0. The first-order valence-electron chi connectivity index (χ1n) is 10.5. The third-order valence-electron chi connectivity index (χ3n) is 4.43. The SMILES string of the molecule is CCOC(=O)CCCCCC(=O)Nc1cncnc1Oc1ccc(CC(C)=O)cc1OC. The molecule has 0 radical (unpaired) electrons. The topological polar surface area (TPSA) is 117 Å². The second-order valence-electron chi connectivity index (χ2n) is 7.12. The van der Waals surface area contributed by atoms with Crippen molar-refractivity contribution in [3.8, 4) is 17.4 Å². The molecule has 0 aliphatic carbocycles. The molecule has 9 heteroatoms. The zero-order valence-electron chi connectivity index (χ0n) is 18.7. The molecule has 1 aromatic carbocycles. The van der Waals surface area contributed by atoms with E-state index in [-0.39, 0.29) is 23.5 Å². The van der Waals surface area contributed by atoms with Gasteiger partial charge in [0.15, 0.2) is 11.5 Å². The van der Waals surface area contributed by atoms with Crippen LogP contribution in [0, 0.1) is 0 Å². The second-order valence-corrected chi connectivity index (χ2v) is 7.12. The lowest BCUT2D eigenvalue weighted by Gasteiger charge is -2.13. The number of aromatic nitrogens is 2. The van der Waals surface area contributed by atoms with Crippen molar-refractivity contribution < 1.29 is 28.6 Å². The highest BCUT2D eigenvalue weighted by atomic mass is 16.5. The zero-order chi connectivity index (χ0) is 23.3. The fourth-order valence-electron chi connectivity index (χ4n) is 2.96. The summed E-state index contributed by atoms with van der Waals surface area (Å²) in [6.07, 6.45) is 5.77. The molecule has 0 aliphatic rings. The number of methoxy groups -OCH3 is 1. The maximum absolute atomic E-state index is 12.3. The summed E-state index contributed by atoms with van der Waals surface area (Å²) in [5, 5.41) is 2.76. The van der Waals surface area contributed by atoms with E-state index >= 15 is 0 Å². The highest BCUT2D eigenvalue weighted by molar-refractivity contribution is 5.91. The molecule has 9 nitrogen and oxygen atoms in total. The van der Waals surface area contributed by atoms with Crippen LogP contribution in [0.15, 0.2) is 30.7 Å². The Balaban J connectivity index is 1.94. The third-order valence-corrected chi connectivity index (χ3v) is 4.43. The van der Waals surface area contributed by atoms with Crippen molar-refractivity contribution in [3.05, 3.63) is 36.3 Å². The normalized spacial score (nSPS) is 10.3. The lowest BCUT2D eigenvalue weighted by atomic mass is 10.1. The quantitative estimate of drug-likeness (QED) is 0.366. The van der Waals surface area contributed by atoms with Gasteiger partial charge in [-0.3, -0.25) is 14.4 Å². The second kappa shape index (κ2) is 13.0. The number of ether oxygens (including phenoxy) is 3. The molecule has 32 heavy (non-hydrogen) atoms. The van der Waals surface area contributed by atoms with Crippen molar-refractivity contribution in [2.45, 2.75) is 52.4 Å². The lowest BCUT2D eigenvalue weighted by Crippen LogP contribution is -2.12. The zero-order valence-corrected chi connectivity index (χ0v) is 18.7. The Bertz CT molecular complexity index is 932. The predicted molar refractivity (Wildman–Crippen MR) is 118 cm³/mol. The maximum Gasteiger partial charge on any atom is 0.305 e. The first kappa shape index (κ1) is 24.8. The number of esters is 1. The number of nitrogens with one attached hydrogen (secondary N) is 1. The number of carbonyl (C=O) groups is 3. The fraction of sp³-hybridized carbons (Fsp3) is 0.435. The van der Waals surface area contributed by atoms with Crippen molar-refractivity contribution in [1.29, 1.82) is 0 Å². The van der Waals surface area contributed by atoms with Gasteiger partial charge in [0.05, 0.1) is 19.9 Å². The van der Waals surface area contributed by atoms with Crippen LogP contribution in [0.2, 0.25) is 0 Å². The Morgan fingerprint density at radius 3 is 2.56 bits per heavy atom. The van der Waals surface area contributed by atoms with Crippen LogP contribution in [0.4, 0.5) is 5.69 Å². The van der Waals surface area contributed by atoms with Gasteiger partial charge in [-0.2, -0.15) is 4.98 Å². The molecular weight excluding hydrogens is 414 g/mol. The standard InChI is InChI=1S/C23H29N3O6/c1-4-31-22(29)9-7-5-6-8-21(28)26-18-14-24-15-25-23(18)32-19-11-10-17(12-16(2)27)13-20(19)30-3/h10-11,13-15H,4-9,12H2,1-3H3,(H,26,28). The van der Waals surface area contributed by atoms with E-state index in [1.54, 1.807) is 25.1 Å². The number of amides is 1.